The second kappa shape index (κ2) is 8.17. The molecule has 0 radical (unpaired) electrons. The number of aromatic nitrogens is 2. The summed E-state index contributed by atoms with van der Waals surface area (Å²) >= 11 is 0. The third kappa shape index (κ3) is 5.50. The molecular formula is C16H30N4O. The average molecular weight is 294 g/mol. The van der Waals surface area contributed by atoms with E-state index < -0.39 is 0 Å². The lowest BCUT2D eigenvalue weighted by Gasteiger charge is -2.30. The summed E-state index contributed by atoms with van der Waals surface area (Å²) in [5, 5.41) is 3.06. The Balaban J connectivity index is 2.68. The van der Waals surface area contributed by atoms with Gasteiger partial charge >= 0.3 is 0 Å². The first kappa shape index (κ1) is 17.7. The molecule has 0 aliphatic carbocycles. The topological polar surface area (TPSA) is 50.3 Å². The normalized spacial score (nSPS) is 11.8. The minimum atomic E-state index is 0.281. The van der Waals surface area contributed by atoms with Crippen LogP contribution in [-0.2, 0) is 0 Å². The van der Waals surface area contributed by atoms with Gasteiger partial charge in [-0.1, -0.05) is 13.8 Å². The van der Waals surface area contributed by atoms with Crippen LogP contribution in [0.5, 0.6) is 5.88 Å². The van der Waals surface area contributed by atoms with E-state index in [0.29, 0.717) is 24.6 Å². The SMILES string of the molecule is CNc1cc(OCCN(C(C)C)C(C)C)nc(C(C)C)n1. The highest BCUT2D eigenvalue weighted by Gasteiger charge is 2.14. The van der Waals surface area contributed by atoms with Crippen molar-refractivity contribution in [2.75, 3.05) is 25.5 Å². The third-order valence-corrected chi connectivity index (χ3v) is 3.42. The number of rotatable bonds is 8. The number of hydrogen-bond acceptors (Lipinski definition) is 5. The molecule has 1 aromatic heterocycles. The molecule has 1 aromatic rings. The Labute approximate surface area is 129 Å². The van der Waals surface area contributed by atoms with Crippen molar-refractivity contribution in [2.24, 2.45) is 0 Å². The summed E-state index contributed by atoms with van der Waals surface area (Å²) in [6.07, 6.45) is 0. The molecule has 0 aromatic carbocycles. The van der Waals surface area contributed by atoms with Crippen molar-refractivity contribution in [3.05, 3.63) is 11.9 Å². The number of anilines is 1. The van der Waals surface area contributed by atoms with Crippen molar-refractivity contribution in [3.63, 3.8) is 0 Å². The second-order valence-corrected chi connectivity index (χ2v) is 6.13. The molecule has 5 nitrogen and oxygen atoms in total. The van der Waals surface area contributed by atoms with Crippen LogP contribution in [0.1, 0.15) is 53.3 Å². The summed E-state index contributed by atoms with van der Waals surface area (Å²) in [6.45, 7) is 14.5. The summed E-state index contributed by atoms with van der Waals surface area (Å²) in [5.41, 5.74) is 0. The van der Waals surface area contributed by atoms with Crippen molar-refractivity contribution in [1.29, 1.82) is 0 Å². The molecule has 0 saturated heterocycles. The van der Waals surface area contributed by atoms with Gasteiger partial charge in [-0.15, -0.1) is 0 Å². The van der Waals surface area contributed by atoms with Crippen LogP contribution < -0.4 is 10.1 Å². The molecule has 0 fully saturated rings. The Morgan fingerprint density at radius 2 is 1.71 bits per heavy atom. The van der Waals surface area contributed by atoms with Gasteiger partial charge in [-0.2, -0.15) is 4.98 Å². The van der Waals surface area contributed by atoms with E-state index in [9.17, 15) is 0 Å². The second-order valence-electron chi connectivity index (χ2n) is 6.13. The van der Waals surface area contributed by atoms with E-state index in [-0.39, 0.29) is 5.92 Å². The summed E-state index contributed by atoms with van der Waals surface area (Å²) < 4.78 is 5.84. The first-order chi connectivity index (χ1) is 9.85. The third-order valence-electron chi connectivity index (χ3n) is 3.42. The summed E-state index contributed by atoms with van der Waals surface area (Å²) in [5.74, 6) is 2.53. The molecule has 0 aliphatic rings. The minimum Gasteiger partial charge on any atom is -0.476 e. The largest absolute Gasteiger partial charge is 0.476 e. The molecule has 1 N–H and O–H groups in total. The highest BCUT2D eigenvalue weighted by atomic mass is 16.5. The van der Waals surface area contributed by atoms with Crippen molar-refractivity contribution in [1.82, 2.24) is 14.9 Å². The van der Waals surface area contributed by atoms with Gasteiger partial charge in [0.25, 0.3) is 0 Å². The predicted octanol–water partition coefficient (Wildman–Crippen LogP) is 3.14. The molecular weight excluding hydrogens is 264 g/mol. The van der Waals surface area contributed by atoms with Gasteiger partial charge in [-0.05, 0) is 27.7 Å². The van der Waals surface area contributed by atoms with Crippen molar-refractivity contribution >= 4 is 5.82 Å². The smallest absolute Gasteiger partial charge is 0.218 e. The van der Waals surface area contributed by atoms with Gasteiger partial charge in [0.1, 0.15) is 18.2 Å². The minimum absolute atomic E-state index is 0.281. The Bertz CT molecular complexity index is 424. The number of hydrogen-bond donors (Lipinski definition) is 1. The predicted molar refractivity (Wildman–Crippen MR) is 88.1 cm³/mol. The molecule has 0 unspecified atom stereocenters. The first-order valence-electron chi connectivity index (χ1n) is 7.80. The van der Waals surface area contributed by atoms with Crippen molar-refractivity contribution in [2.45, 2.75) is 59.5 Å². The lowest BCUT2D eigenvalue weighted by Crippen LogP contribution is -2.39. The Morgan fingerprint density at radius 3 is 2.19 bits per heavy atom. The van der Waals surface area contributed by atoms with Gasteiger partial charge in [-0.3, -0.25) is 4.90 Å². The Morgan fingerprint density at radius 1 is 1.10 bits per heavy atom. The monoisotopic (exact) mass is 294 g/mol. The molecule has 5 heteroatoms. The van der Waals surface area contributed by atoms with Gasteiger partial charge in [-0.25, -0.2) is 4.98 Å². The zero-order valence-corrected chi connectivity index (χ0v) is 14.5. The van der Waals surface area contributed by atoms with E-state index in [1.807, 2.05) is 13.1 Å². The van der Waals surface area contributed by atoms with Gasteiger partial charge in [0.05, 0.1) is 0 Å². The quantitative estimate of drug-likeness (QED) is 0.798. The summed E-state index contributed by atoms with van der Waals surface area (Å²) in [4.78, 5) is 11.3. The van der Waals surface area contributed by atoms with Gasteiger partial charge in [0.2, 0.25) is 5.88 Å². The van der Waals surface area contributed by atoms with Gasteiger partial charge < -0.3 is 10.1 Å². The van der Waals surface area contributed by atoms with Crippen LogP contribution in [-0.4, -0.2) is 47.2 Å². The highest BCUT2D eigenvalue weighted by molar-refractivity contribution is 5.38. The molecule has 1 heterocycles. The maximum absolute atomic E-state index is 5.84. The molecule has 0 bridgehead atoms. The molecule has 0 atom stereocenters. The van der Waals surface area contributed by atoms with Crippen LogP contribution in [0.4, 0.5) is 5.82 Å². The van der Waals surface area contributed by atoms with Crippen LogP contribution in [0.15, 0.2) is 6.07 Å². The van der Waals surface area contributed by atoms with E-state index >= 15 is 0 Å². The lowest BCUT2D eigenvalue weighted by atomic mass is 10.2. The lowest BCUT2D eigenvalue weighted by molar-refractivity contribution is 0.140. The van der Waals surface area contributed by atoms with E-state index in [1.165, 1.54) is 0 Å². The van der Waals surface area contributed by atoms with Crippen LogP contribution in [0.25, 0.3) is 0 Å². The fourth-order valence-corrected chi connectivity index (χ4v) is 2.27. The van der Waals surface area contributed by atoms with E-state index in [4.69, 9.17) is 4.74 Å². The number of nitrogens with one attached hydrogen (secondary N) is 1. The summed E-state index contributed by atoms with van der Waals surface area (Å²) in [6, 6.07) is 2.87. The zero-order valence-electron chi connectivity index (χ0n) is 14.5. The maximum Gasteiger partial charge on any atom is 0.218 e. The zero-order chi connectivity index (χ0) is 16.0. The molecule has 21 heavy (non-hydrogen) atoms. The van der Waals surface area contributed by atoms with E-state index in [2.05, 4.69) is 61.7 Å². The van der Waals surface area contributed by atoms with Gasteiger partial charge in [0, 0.05) is 37.7 Å². The molecule has 1 rings (SSSR count). The number of nitrogens with zero attached hydrogens (tertiary/aromatic N) is 3. The Kier molecular flexibility index (Phi) is 6.89. The molecule has 0 amide bonds. The fourth-order valence-electron chi connectivity index (χ4n) is 2.27. The molecule has 0 spiro atoms. The van der Waals surface area contributed by atoms with Crippen molar-refractivity contribution < 1.29 is 4.74 Å². The molecule has 120 valence electrons. The van der Waals surface area contributed by atoms with Gasteiger partial charge in [0.15, 0.2) is 0 Å². The van der Waals surface area contributed by atoms with E-state index in [1.54, 1.807) is 0 Å². The van der Waals surface area contributed by atoms with Crippen LogP contribution in [0, 0.1) is 0 Å². The van der Waals surface area contributed by atoms with E-state index in [0.717, 1.165) is 18.2 Å². The van der Waals surface area contributed by atoms with Crippen molar-refractivity contribution in [3.8, 4) is 5.88 Å². The summed E-state index contributed by atoms with van der Waals surface area (Å²) in [7, 11) is 1.86. The maximum atomic E-state index is 5.84. The Hall–Kier alpha value is -1.36. The van der Waals surface area contributed by atoms with Crippen LogP contribution in [0.3, 0.4) is 0 Å². The number of ether oxygens (including phenoxy) is 1. The van der Waals surface area contributed by atoms with Crippen LogP contribution >= 0.6 is 0 Å². The fraction of sp³-hybridized carbons (Fsp3) is 0.750. The van der Waals surface area contributed by atoms with Crippen LogP contribution in [0.2, 0.25) is 0 Å². The average Bonchev–Trinajstić information content (AvgIpc) is 2.42. The highest BCUT2D eigenvalue weighted by Crippen LogP contribution is 2.18. The standard InChI is InChI=1S/C16H30N4O/c1-11(2)16-18-14(17-7)10-15(19-16)21-9-8-20(12(3)4)13(5)6/h10-13H,8-9H2,1-7H3,(H,17,18,19). The molecule has 0 aliphatic heterocycles. The molecule has 0 saturated carbocycles. The first-order valence-corrected chi connectivity index (χ1v) is 7.80.